The van der Waals surface area contributed by atoms with E-state index >= 15 is 0 Å². The van der Waals surface area contributed by atoms with Crippen LogP contribution < -0.4 is 5.32 Å². The number of likely N-dealkylation sites (tertiary alicyclic amines) is 1. The standard InChI is InChI=1S/C19H27ClN4O2/c1-15(19(26)21-17-6-4-16(20)5-7-17)23-12-10-22(11-13-23)14-18(25)24-8-2-3-9-24/h4-7,15H,2-3,8-14H2,1H3,(H,21,26)/t15-/m1/s1. The van der Waals surface area contributed by atoms with Crippen LogP contribution in [0.1, 0.15) is 19.8 Å². The van der Waals surface area contributed by atoms with Crippen LogP contribution in [0.3, 0.4) is 0 Å². The Hall–Kier alpha value is -1.63. The molecule has 0 spiro atoms. The lowest BCUT2D eigenvalue weighted by atomic mass is 10.2. The summed E-state index contributed by atoms with van der Waals surface area (Å²) in [7, 11) is 0. The first kappa shape index (κ1) is 19.1. The smallest absolute Gasteiger partial charge is 0.241 e. The zero-order chi connectivity index (χ0) is 18.5. The Kier molecular flexibility index (Phi) is 6.51. The highest BCUT2D eigenvalue weighted by Crippen LogP contribution is 2.15. The number of benzene rings is 1. The van der Waals surface area contributed by atoms with E-state index in [1.165, 1.54) is 0 Å². The number of carbonyl (C=O) groups is 2. The van der Waals surface area contributed by atoms with Crippen molar-refractivity contribution in [1.82, 2.24) is 14.7 Å². The maximum absolute atomic E-state index is 12.5. The number of halogens is 1. The minimum Gasteiger partial charge on any atom is -0.342 e. The van der Waals surface area contributed by atoms with Crippen molar-refractivity contribution in [3.63, 3.8) is 0 Å². The number of nitrogens with zero attached hydrogens (tertiary/aromatic N) is 3. The second-order valence-electron chi connectivity index (χ2n) is 7.07. The highest BCUT2D eigenvalue weighted by Gasteiger charge is 2.27. The summed E-state index contributed by atoms with van der Waals surface area (Å²) in [6.45, 7) is 7.46. The first-order valence-corrected chi connectivity index (χ1v) is 9.71. The molecule has 1 N–H and O–H groups in total. The number of amides is 2. The van der Waals surface area contributed by atoms with Gasteiger partial charge in [-0.3, -0.25) is 19.4 Å². The Morgan fingerprint density at radius 2 is 1.65 bits per heavy atom. The van der Waals surface area contributed by atoms with Crippen molar-refractivity contribution in [2.45, 2.75) is 25.8 Å². The molecule has 0 unspecified atom stereocenters. The van der Waals surface area contributed by atoms with Crippen LogP contribution in [0, 0.1) is 0 Å². The molecule has 142 valence electrons. The third-order valence-corrected chi connectivity index (χ3v) is 5.52. The van der Waals surface area contributed by atoms with E-state index in [1.807, 2.05) is 11.8 Å². The topological polar surface area (TPSA) is 55.9 Å². The molecule has 6 nitrogen and oxygen atoms in total. The summed E-state index contributed by atoms with van der Waals surface area (Å²) < 4.78 is 0. The molecule has 7 heteroatoms. The van der Waals surface area contributed by atoms with Gasteiger partial charge < -0.3 is 10.2 Å². The molecule has 0 bridgehead atoms. The number of rotatable bonds is 5. The summed E-state index contributed by atoms with van der Waals surface area (Å²) in [6, 6.07) is 6.92. The molecule has 1 aromatic rings. The Morgan fingerprint density at radius 3 is 2.27 bits per heavy atom. The molecule has 26 heavy (non-hydrogen) atoms. The molecule has 2 saturated heterocycles. The summed E-state index contributed by atoms with van der Waals surface area (Å²) in [5.74, 6) is 0.221. The number of hydrogen-bond acceptors (Lipinski definition) is 4. The van der Waals surface area contributed by atoms with Crippen LogP contribution in [0.15, 0.2) is 24.3 Å². The van der Waals surface area contributed by atoms with E-state index in [0.29, 0.717) is 11.6 Å². The van der Waals surface area contributed by atoms with Crippen LogP contribution in [0.25, 0.3) is 0 Å². The van der Waals surface area contributed by atoms with Crippen molar-refractivity contribution in [2.24, 2.45) is 0 Å². The number of carbonyl (C=O) groups excluding carboxylic acids is 2. The van der Waals surface area contributed by atoms with Gasteiger partial charge in [0.25, 0.3) is 0 Å². The molecule has 0 saturated carbocycles. The minimum atomic E-state index is -0.206. The average Bonchev–Trinajstić information content (AvgIpc) is 3.18. The van der Waals surface area contributed by atoms with Crippen molar-refractivity contribution >= 4 is 29.1 Å². The Bertz CT molecular complexity index is 623. The van der Waals surface area contributed by atoms with Gasteiger partial charge in [0.2, 0.25) is 11.8 Å². The fourth-order valence-corrected chi connectivity index (χ4v) is 3.64. The van der Waals surface area contributed by atoms with Crippen LogP contribution in [0.4, 0.5) is 5.69 Å². The van der Waals surface area contributed by atoms with E-state index in [4.69, 9.17) is 11.6 Å². The van der Waals surface area contributed by atoms with E-state index < -0.39 is 0 Å². The maximum Gasteiger partial charge on any atom is 0.241 e. The summed E-state index contributed by atoms with van der Waals surface area (Å²) in [5, 5.41) is 3.58. The predicted octanol–water partition coefficient (Wildman–Crippen LogP) is 1.91. The molecule has 2 aliphatic rings. The molecular weight excluding hydrogens is 352 g/mol. The van der Waals surface area contributed by atoms with Crippen molar-refractivity contribution in [1.29, 1.82) is 0 Å². The van der Waals surface area contributed by atoms with Crippen LogP contribution in [0.2, 0.25) is 5.02 Å². The Balaban J connectivity index is 1.43. The molecule has 0 radical (unpaired) electrons. The summed E-state index contributed by atoms with van der Waals surface area (Å²) in [5.41, 5.74) is 0.751. The van der Waals surface area contributed by atoms with E-state index in [1.54, 1.807) is 24.3 Å². The zero-order valence-corrected chi connectivity index (χ0v) is 16.0. The maximum atomic E-state index is 12.5. The Morgan fingerprint density at radius 1 is 1.04 bits per heavy atom. The molecule has 3 rings (SSSR count). The molecule has 2 amide bonds. The van der Waals surface area contributed by atoms with Gasteiger partial charge in [-0.2, -0.15) is 0 Å². The minimum absolute atomic E-state index is 0.0195. The first-order valence-electron chi connectivity index (χ1n) is 9.33. The van der Waals surface area contributed by atoms with Gasteiger partial charge in [0, 0.05) is 50.0 Å². The van der Waals surface area contributed by atoms with E-state index in [0.717, 1.165) is 57.8 Å². The molecule has 0 aliphatic carbocycles. The van der Waals surface area contributed by atoms with Gasteiger partial charge >= 0.3 is 0 Å². The van der Waals surface area contributed by atoms with Crippen molar-refractivity contribution in [2.75, 3.05) is 51.1 Å². The number of anilines is 1. The number of hydrogen-bond donors (Lipinski definition) is 1. The molecule has 2 heterocycles. The monoisotopic (exact) mass is 378 g/mol. The number of piperazine rings is 1. The molecule has 1 atom stereocenters. The molecule has 2 fully saturated rings. The van der Waals surface area contributed by atoms with E-state index in [9.17, 15) is 9.59 Å². The van der Waals surface area contributed by atoms with Gasteiger partial charge in [-0.25, -0.2) is 0 Å². The fraction of sp³-hybridized carbons (Fsp3) is 0.579. The second-order valence-corrected chi connectivity index (χ2v) is 7.51. The second kappa shape index (κ2) is 8.84. The van der Waals surface area contributed by atoms with Gasteiger partial charge in [-0.1, -0.05) is 11.6 Å². The summed E-state index contributed by atoms with van der Waals surface area (Å²) in [6.07, 6.45) is 2.25. The lowest BCUT2D eigenvalue weighted by molar-refractivity contribution is -0.132. The average molecular weight is 379 g/mol. The third kappa shape index (κ3) is 4.96. The van der Waals surface area contributed by atoms with Gasteiger partial charge in [0.1, 0.15) is 0 Å². The molecule has 1 aromatic carbocycles. The quantitative estimate of drug-likeness (QED) is 0.850. The molecule has 0 aromatic heterocycles. The van der Waals surface area contributed by atoms with Crippen molar-refractivity contribution in [3.05, 3.63) is 29.3 Å². The van der Waals surface area contributed by atoms with Gasteiger partial charge in [0.15, 0.2) is 0 Å². The third-order valence-electron chi connectivity index (χ3n) is 5.26. The van der Waals surface area contributed by atoms with Gasteiger partial charge in [0.05, 0.1) is 12.6 Å². The SMILES string of the molecule is C[C@H](C(=O)Nc1ccc(Cl)cc1)N1CCN(CC(=O)N2CCCC2)CC1. The van der Waals surface area contributed by atoms with Crippen LogP contribution >= 0.6 is 11.6 Å². The largest absolute Gasteiger partial charge is 0.342 e. The van der Waals surface area contributed by atoms with E-state index in [2.05, 4.69) is 15.1 Å². The zero-order valence-electron chi connectivity index (χ0n) is 15.3. The van der Waals surface area contributed by atoms with Crippen LogP contribution in [-0.2, 0) is 9.59 Å². The highest BCUT2D eigenvalue weighted by atomic mass is 35.5. The van der Waals surface area contributed by atoms with Crippen LogP contribution in [0.5, 0.6) is 0 Å². The lowest BCUT2D eigenvalue weighted by Crippen LogP contribution is -2.54. The van der Waals surface area contributed by atoms with Crippen LogP contribution in [-0.4, -0.2) is 78.4 Å². The molecule has 2 aliphatic heterocycles. The first-order chi connectivity index (χ1) is 12.5. The van der Waals surface area contributed by atoms with Gasteiger partial charge in [-0.15, -0.1) is 0 Å². The van der Waals surface area contributed by atoms with Gasteiger partial charge in [-0.05, 0) is 44.0 Å². The highest BCUT2D eigenvalue weighted by molar-refractivity contribution is 6.30. The van der Waals surface area contributed by atoms with Crippen molar-refractivity contribution < 1.29 is 9.59 Å². The normalized spacial score (nSPS) is 20.2. The molecular formula is C19H27ClN4O2. The summed E-state index contributed by atoms with van der Waals surface area (Å²) in [4.78, 5) is 31.1. The van der Waals surface area contributed by atoms with Crippen molar-refractivity contribution in [3.8, 4) is 0 Å². The fourth-order valence-electron chi connectivity index (χ4n) is 3.51. The summed E-state index contributed by atoms with van der Waals surface area (Å²) >= 11 is 5.87. The Labute approximate surface area is 160 Å². The predicted molar refractivity (Wildman–Crippen MR) is 103 cm³/mol. The lowest BCUT2D eigenvalue weighted by Gasteiger charge is -2.37. The van der Waals surface area contributed by atoms with E-state index in [-0.39, 0.29) is 17.9 Å². The number of nitrogens with one attached hydrogen (secondary N) is 1.